The molecule has 1 heterocycles. The van der Waals surface area contributed by atoms with E-state index in [1.54, 1.807) is 24.3 Å². The van der Waals surface area contributed by atoms with E-state index in [9.17, 15) is 24.5 Å². The fraction of sp³-hybridized carbons (Fsp3) is 0.318. The molecule has 2 atom stereocenters. The first-order valence-electron chi connectivity index (χ1n) is 10.1. The maximum absolute atomic E-state index is 13.4. The van der Waals surface area contributed by atoms with Crippen LogP contribution in [-0.4, -0.2) is 32.7 Å². The van der Waals surface area contributed by atoms with E-state index in [0.717, 1.165) is 22.9 Å². The number of imide groups is 1. The minimum Gasteiger partial charge on any atom is -0.272 e. The van der Waals surface area contributed by atoms with E-state index in [2.05, 4.69) is 0 Å². The van der Waals surface area contributed by atoms with Crippen molar-refractivity contribution in [3.8, 4) is 0 Å². The van der Waals surface area contributed by atoms with Gasteiger partial charge in [0.05, 0.1) is 23.3 Å². The Morgan fingerprint density at radius 1 is 1.03 bits per heavy atom. The van der Waals surface area contributed by atoms with Gasteiger partial charge in [-0.1, -0.05) is 42.6 Å². The van der Waals surface area contributed by atoms with Gasteiger partial charge in [-0.15, -0.1) is 0 Å². The fourth-order valence-corrected chi connectivity index (χ4v) is 4.47. The van der Waals surface area contributed by atoms with Crippen molar-refractivity contribution in [2.24, 2.45) is 11.8 Å². The van der Waals surface area contributed by atoms with E-state index in [-0.39, 0.29) is 29.6 Å². The maximum Gasteiger partial charge on any atom is 0.273 e. The zero-order valence-corrected chi connectivity index (χ0v) is 17.3. The van der Waals surface area contributed by atoms with Crippen molar-refractivity contribution in [3.05, 3.63) is 74.8 Å². The van der Waals surface area contributed by atoms with Crippen LogP contribution < -0.4 is 0 Å². The van der Waals surface area contributed by atoms with Crippen LogP contribution in [0.3, 0.4) is 0 Å². The monoisotopic (exact) mass is 441 g/mol. The van der Waals surface area contributed by atoms with Crippen molar-refractivity contribution in [2.75, 3.05) is 0 Å². The average molecular weight is 442 g/mol. The third-order valence-electron chi connectivity index (χ3n) is 5.90. The van der Waals surface area contributed by atoms with Crippen LogP contribution in [0.2, 0.25) is 5.02 Å². The highest BCUT2D eigenvalue weighted by molar-refractivity contribution is 6.31. The molecule has 31 heavy (non-hydrogen) atoms. The molecule has 0 unspecified atom stereocenters. The van der Waals surface area contributed by atoms with Crippen LogP contribution in [0.25, 0.3) is 0 Å². The van der Waals surface area contributed by atoms with Crippen molar-refractivity contribution in [2.45, 2.75) is 32.2 Å². The van der Waals surface area contributed by atoms with E-state index in [0.29, 0.717) is 23.4 Å². The molecule has 0 N–H and O–H groups in total. The van der Waals surface area contributed by atoms with Crippen LogP contribution in [-0.2, 0) is 16.1 Å². The molecule has 3 amide bonds. The highest BCUT2D eigenvalue weighted by Gasteiger charge is 2.51. The normalized spacial score (nSPS) is 20.5. The number of nitro benzene ring substituents is 1. The Morgan fingerprint density at radius 2 is 1.61 bits per heavy atom. The lowest BCUT2D eigenvalue weighted by Crippen LogP contribution is -2.49. The van der Waals surface area contributed by atoms with Crippen LogP contribution in [0.5, 0.6) is 0 Å². The molecule has 0 bridgehead atoms. The third kappa shape index (κ3) is 3.90. The van der Waals surface area contributed by atoms with Crippen molar-refractivity contribution < 1.29 is 19.3 Å². The lowest BCUT2D eigenvalue weighted by atomic mass is 9.81. The molecule has 1 saturated heterocycles. The highest BCUT2D eigenvalue weighted by Crippen LogP contribution is 2.39. The molecule has 0 spiro atoms. The summed E-state index contributed by atoms with van der Waals surface area (Å²) in [6.07, 6.45) is 2.98. The first-order valence-corrected chi connectivity index (χ1v) is 10.4. The van der Waals surface area contributed by atoms with Crippen molar-refractivity contribution in [1.82, 2.24) is 10.0 Å². The van der Waals surface area contributed by atoms with Crippen molar-refractivity contribution in [1.29, 1.82) is 0 Å². The number of non-ortho nitro benzene ring substituents is 1. The third-order valence-corrected chi connectivity index (χ3v) is 6.27. The summed E-state index contributed by atoms with van der Waals surface area (Å²) in [6.45, 7) is -0.0770. The SMILES string of the molecule is O=C(c1ccc([N+](=O)[O-])cc1)N(Cc1ccccc1Cl)N1C(=O)[C@H]2CCCC[C@H]2C1=O. The van der Waals surface area contributed by atoms with E-state index in [1.807, 2.05) is 0 Å². The Kier molecular flexibility index (Phi) is 5.73. The second-order valence-corrected chi connectivity index (χ2v) is 8.15. The van der Waals surface area contributed by atoms with Gasteiger partial charge in [0.25, 0.3) is 23.4 Å². The molecular formula is C22H20ClN3O5. The molecule has 1 aliphatic heterocycles. The molecule has 0 radical (unpaired) electrons. The van der Waals surface area contributed by atoms with Crippen LogP contribution in [0.4, 0.5) is 5.69 Å². The maximum atomic E-state index is 13.4. The number of rotatable bonds is 5. The van der Waals surface area contributed by atoms with E-state index >= 15 is 0 Å². The number of hydrogen-bond acceptors (Lipinski definition) is 5. The summed E-state index contributed by atoms with van der Waals surface area (Å²) in [5.74, 6) is -2.19. The van der Waals surface area contributed by atoms with E-state index < -0.39 is 22.7 Å². The molecule has 8 nitrogen and oxygen atoms in total. The molecule has 0 aromatic heterocycles. The predicted octanol–water partition coefficient (Wildman–Crippen LogP) is 3.98. The Bertz CT molecular complexity index is 1030. The van der Waals surface area contributed by atoms with Gasteiger partial charge in [0.15, 0.2) is 0 Å². The number of carbonyl (C=O) groups excluding carboxylic acids is 3. The Morgan fingerprint density at radius 3 is 2.16 bits per heavy atom. The first kappa shape index (κ1) is 21.0. The average Bonchev–Trinajstić information content (AvgIpc) is 3.03. The largest absolute Gasteiger partial charge is 0.273 e. The summed E-state index contributed by atoms with van der Waals surface area (Å²) >= 11 is 6.27. The molecule has 2 aromatic carbocycles. The molecule has 2 fully saturated rings. The molecule has 4 rings (SSSR count). The first-order chi connectivity index (χ1) is 14.9. The Labute approximate surface area is 183 Å². The minimum atomic E-state index is -0.602. The van der Waals surface area contributed by atoms with E-state index in [4.69, 9.17) is 11.6 Å². The summed E-state index contributed by atoms with van der Waals surface area (Å²) in [5.41, 5.74) is 0.552. The molecule has 2 aromatic rings. The number of hydrogen-bond donors (Lipinski definition) is 0. The van der Waals surface area contributed by atoms with Crippen LogP contribution >= 0.6 is 11.6 Å². The number of nitro groups is 1. The molecule has 2 aliphatic rings. The molecule has 160 valence electrons. The summed E-state index contributed by atoms with van der Waals surface area (Å²) < 4.78 is 0. The van der Waals surface area contributed by atoms with Crippen LogP contribution in [0.15, 0.2) is 48.5 Å². The summed E-state index contributed by atoms with van der Waals surface area (Å²) in [5, 5.41) is 13.4. The fourth-order valence-electron chi connectivity index (χ4n) is 4.28. The number of nitrogens with zero attached hydrogens (tertiary/aromatic N) is 3. The van der Waals surface area contributed by atoms with Gasteiger partial charge in [-0.2, -0.15) is 5.01 Å². The number of fused-ring (bicyclic) bond motifs is 1. The zero-order valence-electron chi connectivity index (χ0n) is 16.6. The number of halogens is 1. The minimum absolute atomic E-state index is 0.0770. The smallest absolute Gasteiger partial charge is 0.272 e. The van der Waals surface area contributed by atoms with Gasteiger partial charge in [0.2, 0.25) is 0 Å². The number of amides is 3. The van der Waals surface area contributed by atoms with Crippen LogP contribution in [0, 0.1) is 22.0 Å². The number of carbonyl (C=O) groups is 3. The quantitative estimate of drug-likeness (QED) is 0.397. The van der Waals surface area contributed by atoms with Gasteiger partial charge < -0.3 is 0 Å². The van der Waals surface area contributed by atoms with Crippen LogP contribution in [0.1, 0.15) is 41.6 Å². The Hall–Kier alpha value is -3.26. The lowest BCUT2D eigenvalue weighted by molar-refractivity contribution is -0.384. The second kappa shape index (κ2) is 8.47. The zero-order chi connectivity index (χ0) is 22.1. The second-order valence-electron chi connectivity index (χ2n) is 7.74. The lowest BCUT2D eigenvalue weighted by Gasteiger charge is -2.31. The standard InChI is InChI=1S/C22H20ClN3O5/c23-19-8-4-1-5-15(19)13-24(20(27)14-9-11-16(12-10-14)26(30)31)25-21(28)17-6-2-3-7-18(17)22(25)29/h1,4-5,8-12,17-18H,2-3,6-7,13H2/t17-,18+. The highest BCUT2D eigenvalue weighted by atomic mass is 35.5. The topological polar surface area (TPSA) is 101 Å². The number of hydrazine groups is 1. The molecule has 1 aliphatic carbocycles. The van der Waals surface area contributed by atoms with Crippen molar-refractivity contribution in [3.63, 3.8) is 0 Å². The molecule has 9 heteroatoms. The van der Waals surface area contributed by atoms with Crippen molar-refractivity contribution >= 4 is 35.0 Å². The van der Waals surface area contributed by atoms with E-state index in [1.165, 1.54) is 24.3 Å². The summed E-state index contributed by atoms with van der Waals surface area (Å²) in [7, 11) is 0. The number of benzene rings is 2. The van der Waals surface area contributed by atoms with Gasteiger partial charge >= 0.3 is 0 Å². The molecule has 1 saturated carbocycles. The van der Waals surface area contributed by atoms with Gasteiger partial charge in [-0.3, -0.25) is 24.5 Å². The van der Waals surface area contributed by atoms with Gasteiger partial charge in [-0.25, -0.2) is 5.01 Å². The van der Waals surface area contributed by atoms with Gasteiger partial charge in [0, 0.05) is 22.7 Å². The summed E-state index contributed by atoms with van der Waals surface area (Å²) in [6, 6.07) is 12.0. The Balaban J connectivity index is 1.71. The van der Waals surface area contributed by atoms with Gasteiger partial charge in [0.1, 0.15) is 0 Å². The predicted molar refractivity (Wildman–Crippen MR) is 112 cm³/mol. The molecular weight excluding hydrogens is 422 g/mol. The summed E-state index contributed by atoms with van der Waals surface area (Å²) in [4.78, 5) is 50.0. The van der Waals surface area contributed by atoms with Gasteiger partial charge in [-0.05, 0) is 36.6 Å².